The highest BCUT2D eigenvalue weighted by molar-refractivity contribution is 7.98. The fourth-order valence-electron chi connectivity index (χ4n) is 1.98. The number of aryl methyl sites for hydroxylation is 2. The monoisotopic (exact) mass is 264 g/mol. The number of thiophene rings is 1. The van der Waals surface area contributed by atoms with Gasteiger partial charge < -0.3 is 5.11 Å². The normalized spacial score (nSPS) is 12.7. The number of hydrogen-bond donors (Lipinski definition) is 1. The molecule has 17 heavy (non-hydrogen) atoms. The van der Waals surface area contributed by atoms with Crippen LogP contribution in [0.25, 0.3) is 0 Å². The molecule has 90 valence electrons. The molecule has 0 amide bonds. The van der Waals surface area contributed by atoms with Crippen LogP contribution >= 0.6 is 23.1 Å². The Morgan fingerprint density at radius 1 is 1.18 bits per heavy atom. The van der Waals surface area contributed by atoms with Gasteiger partial charge in [0.15, 0.2) is 0 Å². The Bertz CT molecular complexity index is 517. The van der Waals surface area contributed by atoms with Crippen LogP contribution in [-0.2, 0) is 0 Å². The van der Waals surface area contributed by atoms with Gasteiger partial charge in [-0.15, -0.1) is 23.1 Å². The van der Waals surface area contributed by atoms with Crippen LogP contribution in [-0.4, -0.2) is 11.4 Å². The number of rotatable bonds is 3. The molecule has 0 spiro atoms. The molecule has 2 rings (SSSR count). The van der Waals surface area contributed by atoms with Crippen molar-refractivity contribution in [2.75, 3.05) is 6.26 Å². The van der Waals surface area contributed by atoms with Gasteiger partial charge >= 0.3 is 0 Å². The summed E-state index contributed by atoms with van der Waals surface area (Å²) in [6, 6.07) is 10.1. The van der Waals surface area contributed by atoms with Gasteiger partial charge in [0.25, 0.3) is 0 Å². The topological polar surface area (TPSA) is 20.2 Å². The summed E-state index contributed by atoms with van der Waals surface area (Å²) in [5.41, 5.74) is 2.04. The average molecular weight is 264 g/mol. The van der Waals surface area contributed by atoms with E-state index in [1.165, 1.54) is 9.75 Å². The second kappa shape index (κ2) is 5.25. The number of aliphatic hydroxyl groups excluding tert-OH is 1. The van der Waals surface area contributed by atoms with Gasteiger partial charge in [0.05, 0.1) is 0 Å². The van der Waals surface area contributed by atoms with Crippen molar-refractivity contribution in [3.05, 3.63) is 51.2 Å². The summed E-state index contributed by atoms with van der Waals surface area (Å²) in [6.07, 6.45) is 1.53. The minimum atomic E-state index is -0.511. The highest BCUT2D eigenvalue weighted by Crippen LogP contribution is 2.34. The minimum Gasteiger partial charge on any atom is -0.384 e. The summed E-state index contributed by atoms with van der Waals surface area (Å²) in [4.78, 5) is 3.59. The fraction of sp³-hybridized carbons (Fsp3) is 0.286. The van der Waals surface area contributed by atoms with Crippen molar-refractivity contribution in [3.63, 3.8) is 0 Å². The molecule has 0 saturated heterocycles. The summed E-state index contributed by atoms with van der Waals surface area (Å²) in [5.74, 6) is 0. The van der Waals surface area contributed by atoms with E-state index in [0.29, 0.717) is 0 Å². The maximum Gasteiger partial charge on any atom is 0.106 e. The average Bonchev–Trinajstić information content (AvgIpc) is 2.67. The van der Waals surface area contributed by atoms with E-state index < -0.39 is 6.10 Å². The molecule has 1 nitrogen and oxygen atoms in total. The zero-order chi connectivity index (χ0) is 12.4. The zero-order valence-corrected chi connectivity index (χ0v) is 11.9. The van der Waals surface area contributed by atoms with E-state index in [1.54, 1.807) is 23.1 Å². The van der Waals surface area contributed by atoms with Crippen LogP contribution in [0, 0.1) is 13.8 Å². The smallest absolute Gasteiger partial charge is 0.106 e. The summed E-state index contributed by atoms with van der Waals surface area (Å²) in [6.45, 7) is 4.15. The highest BCUT2D eigenvalue weighted by Gasteiger charge is 2.17. The molecule has 1 aromatic heterocycles. The molecule has 0 aliphatic carbocycles. The van der Waals surface area contributed by atoms with E-state index in [4.69, 9.17) is 0 Å². The second-order valence-electron chi connectivity index (χ2n) is 4.01. The van der Waals surface area contributed by atoms with Gasteiger partial charge in [-0.1, -0.05) is 18.2 Å². The van der Waals surface area contributed by atoms with Crippen LogP contribution in [0.2, 0.25) is 0 Å². The molecule has 0 aliphatic rings. The molecule has 0 aliphatic heterocycles. The van der Waals surface area contributed by atoms with Gasteiger partial charge in [-0.25, -0.2) is 0 Å². The van der Waals surface area contributed by atoms with Gasteiger partial charge in [0.1, 0.15) is 6.10 Å². The molecule has 1 unspecified atom stereocenters. The molecule has 1 N–H and O–H groups in total. The van der Waals surface area contributed by atoms with Crippen molar-refractivity contribution < 1.29 is 5.11 Å². The predicted molar refractivity (Wildman–Crippen MR) is 76.1 cm³/mol. The Labute approximate surface area is 111 Å². The maximum absolute atomic E-state index is 10.5. The number of hydrogen-bond acceptors (Lipinski definition) is 3. The first-order chi connectivity index (χ1) is 8.13. The Kier molecular flexibility index (Phi) is 3.92. The first-order valence-electron chi connectivity index (χ1n) is 5.51. The van der Waals surface area contributed by atoms with E-state index >= 15 is 0 Å². The standard InChI is InChI=1S/C14H16OS2/c1-9-8-12(10(2)17-9)14(15)11-6-4-5-7-13(11)16-3/h4-8,14-15H,1-3H3. The van der Waals surface area contributed by atoms with Crippen LogP contribution < -0.4 is 0 Å². The molecule has 0 radical (unpaired) electrons. The van der Waals surface area contributed by atoms with E-state index in [9.17, 15) is 5.11 Å². The zero-order valence-electron chi connectivity index (χ0n) is 10.2. The lowest BCUT2D eigenvalue weighted by Gasteiger charge is -2.14. The summed E-state index contributed by atoms with van der Waals surface area (Å²) >= 11 is 3.41. The third-order valence-electron chi connectivity index (χ3n) is 2.81. The van der Waals surface area contributed by atoms with Crippen molar-refractivity contribution in [3.8, 4) is 0 Å². The lowest BCUT2D eigenvalue weighted by molar-refractivity contribution is 0.217. The first-order valence-corrected chi connectivity index (χ1v) is 7.55. The minimum absolute atomic E-state index is 0.511. The van der Waals surface area contributed by atoms with E-state index in [-0.39, 0.29) is 0 Å². The van der Waals surface area contributed by atoms with Crippen molar-refractivity contribution in [1.29, 1.82) is 0 Å². The van der Waals surface area contributed by atoms with E-state index in [2.05, 4.69) is 26.0 Å². The molecule has 2 aromatic rings. The third-order valence-corrected chi connectivity index (χ3v) is 4.60. The second-order valence-corrected chi connectivity index (χ2v) is 6.32. The molecular formula is C14H16OS2. The quantitative estimate of drug-likeness (QED) is 0.840. The van der Waals surface area contributed by atoms with Gasteiger partial charge in [-0.2, -0.15) is 0 Å². The van der Waals surface area contributed by atoms with Crippen LogP contribution in [0.15, 0.2) is 35.2 Å². The molecular weight excluding hydrogens is 248 g/mol. The summed E-state index contributed by atoms with van der Waals surface area (Å²) in [7, 11) is 0. The maximum atomic E-state index is 10.5. The molecule has 0 saturated carbocycles. The van der Waals surface area contributed by atoms with Crippen molar-refractivity contribution >= 4 is 23.1 Å². The Hall–Kier alpha value is -0.770. The number of aliphatic hydroxyl groups is 1. The molecule has 1 heterocycles. The molecule has 1 atom stereocenters. The molecule has 1 aromatic carbocycles. The Morgan fingerprint density at radius 2 is 1.88 bits per heavy atom. The molecule has 3 heteroatoms. The van der Waals surface area contributed by atoms with Gasteiger partial charge in [0, 0.05) is 14.6 Å². The van der Waals surface area contributed by atoms with Gasteiger partial charge in [-0.3, -0.25) is 0 Å². The Morgan fingerprint density at radius 3 is 2.47 bits per heavy atom. The van der Waals surface area contributed by atoms with E-state index in [0.717, 1.165) is 16.0 Å². The van der Waals surface area contributed by atoms with Crippen LogP contribution in [0.3, 0.4) is 0 Å². The van der Waals surface area contributed by atoms with Crippen molar-refractivity contribution in [1.82, 2.24) is 0 Å². The Balaban J connectivity index is 2.43. The summed E-state index contributed by atoms with van der Waals surface area (Å²) < 4.78 is 0. The van der Waals surface area contributed by atoms with Gasteiger partial charge in [0.2, 0.25) is 0 Å². The molecule has 0 bridgehead atoms. The van der Waals surface area contributed by atoms with Crippen molar-refractivity contribution in [2.24, 2.45) is 0 Å². The van der Waals surface area contributed by atoms with Crippen LogP contribution in [0.1, 0.15) is 27.0 Å². The largest absolute Gasteiger partial charge is 0.384 e. The fourth-order valence-corrected chi connectivity index (χ4v) is 3.57. The number of benzene rings is 1. The van der Waals surface area contributed by atoms with E-state index in [1.807, 2.05) is 24.5 Å². The highest BCUT2D eigenvalue weighted by atomic mass is 32.2. The lowest BCUT2D eigenvalue weighted by atomic mass is 10.0. The van der Waals surface area contributed by atoms with Crippen LogP contribution in [0.4, 0.5) is 0 Å². The lowest BCUT2D eigenvalue weighted by Crippen LogP contribution is -2.01. The first kappa shape index (κ1) is 12.7. The number of thioether (sulfide) groups is 1. The summed E-state index contributed by atoms with van der Waals surface area (Å²) in [5, 5.41) is 10.5. The SMILES string of the molecule is CSc1ccccc1C(O)c1cc(C)sc1C. The molecule has 0 fully saturated rings. The van der Waals surface area contributed by atoms with Gasteiger partial charge in [-0.05, 0) is 43.4 Å². The van der Waals surface area contributed by atoms with Crippen molar-refractivity contribution in [2.45, 2.75) is 24.8 Å². The predicted octanol–water partition coefficient (Wildman–Crippen LogP) is 4.17. The third kappa shape index (κ3) is 2.57. The van der Waals surface area contributed by atoms with Crippen LogP contribution in [0.5, 0.6) is 0 Å².